The van der Waals surface area contributed by atoms with Gasteiger partial charge in [-0.1, -0.05) is 36.8 Å². The van der Waals surface area contributed by atoms with E-state index in [9.17, 15) is 9.90 Å². The molecule has 0 aliphatic heterocycles. The molecule has 1 saturated carbocycles. The van der Waals surface area contributed by atoms with E-state index in [1.165, 1.54) is 0 Å². The summed E-state index contributed by atoms with van der Waals surface area (Å²) in [7, 11) is 1.54. The number of amides is 1. The topological polar surface area (TPSA) is 58.6 Å². The fraction of sp³-hybridized carbons (Fsp3) is 0.562. The fourth-order valence-corrected chi connectivity index (χ4v) is 2.97. The quantitative estimate of drug-likeness (QED) is 0.835. The van der Waals surface area contributed by atoms with Gasteiger partial charge in [0, 0.05) is 20.3 Å². The molecule has 4 heteroatoms. The molecule has 0 spiro atoms. The molecule has 2 rings (SSSR count). The molecule has 1 aromatic carbocycles. The van der Waals surface area contributed by atoms with Crippen LogP contribution in [0.1, 0.15) is 30.9 Å². The van der Waals surface area contributed by atoms with Crippen LogP contribution in [-0.4, -0.2) is 31.3 Å². The zero-order valence-electron chi connectivity index (χ0n) is 11.9. The molecule has 110 valence electrons. The van der Waals surface area contributed by atoms with Gasteiger partial charge in [-0.05, 0) is 30.2 Å². The number of rotatable bonds is 6. The molecule has 1 amide bonds. The third-order valence-corrected chi connectivity index (χ3v) is 4.17. The summed E-state index contributed by atoms with van der Waals surface area (Å²) in [6.07, 6.45) is 2.71. The summed E-state index contributed by atoms with van der Waals surface area (Å²) in [5.41, 5.74) is 0.859. The number of methoxy groups -OCH3 is 1. The number of nitrogens with one attached hydrogen (secondary N) is 1. The average Bonchev–Trinajstić information content (AvgIpc) is 2.94. The van der Waals surface area contributed by atoms with Crippen molar-refractivity contribution in [2.24, 2.45) is 11.8 Å². The van der Waals surface area contributed by atoms with E-state index in [1.54, 1.807) is 7.11 Å². The van der Waals surface area contributed by atoms with Gasteiger partial charge in [-0.15, -0.1) is 0 Å². The number of ether oxygens (including phenoxy) is 1. The zero-order valence-corrected chi connectivity index (χ0v) is 11.9. The largest absolute Gasteiger partial charge is 0.396 e. The van der Waals surface area contributed by atoms with Crippen LogP contribution in [0.3, 0.4) is 0 Å². The smallest absolute Gasteiger partial charge is 0.253 e. The van der Waals surface area contributed by atoms with Gasteiger partial charge in [0.15, 0.2) is 6.10 Å². The van der Waals surface area contributed by atoms with Gasteiger partial charge in [-0.2, -0.15) is 0 Å². The minimum absolute atomic E-state index is 0.109. The standard InChI is InChI=1S/C16H23NO3/c1-20-15(12-6-3-2-4-7-12)16(19)17-10-13-8-5-9-14(13)11-18/h2-4,6-7,13-15,18H,5,8-11H2,1H3,(H,17,19). The van der Waals surface area contributed by atoms with Crippen LogP contribution >= 0.6 is 0 Å². The molecule has 0 saturated heterocycles. The van der Waals surface area contributed by atoms with E-state index in [-0.39, 0.29) is 12.5 Å². The molecule has 4 nitrogen and oxygen atoms in total. The maximum atomic E-state index is 12.2. The molecule has 1 fully saturated rings. The number of carbonyl (C=O) groups excluding carboxylic acids is 1. The van der Waals surface area contributed by atoms with Crippen molar-refractivity contribution in [3.05, 3.63) is 35.9 Å². The lowest BCUT2D eigenvalue weighted by Gasteiger charge is -2.20. The van der Waals surface area contributed by atoms with Crippen molar-refractivity contribution in [2.75, 3.05) is 20.3 Å². The Bertz CT molecular complexity index is 421. The lowest BCUT2D eigenvalue weighted by molar-refractivity contribution is -0.131. The third-order valence-electron chi connectivity index (χ3n) is 4.17. The summed E-state index contributed by atoms with van der Waals surface area (Å²) in [4.78, 5) is 12.2. The van der Waals surface area contributed by atoms with E-state index in [1.807, 2.05) is 30.3 Å². The number of aliphatic hydroxyl groups excluding tert-OH is 1. The first-order valence-corrected chi connectivity index (χ1v) is 7.22. The Labute approximate surface area is 120 Å². The molecule has 0 bridgehead atoms. The molecule has 20 heavy (non-hydrogen) atoms. The second-order valence-electron chi connectivity index (χ2n) is 5.41. The van der Waals surface area contributed by atoms with Crippen molar-refractivity contribution in [1.29, 1.82) is 0 Å². The summed E-state index contributed by atoms with van der Waals surface area (Å²) in [5.74, 6) is 0.604. The normalized spacial score (nSPS) is 23.5. The molecule has 3 unspecified atom stereocenters. The van der Waals surface area contributed by atoms with E-state index in [4.69, 9.17) is 4.74 Å². The van der Waals surface area contributed by atoms with Crippen LogP contribution < -0.4 is 5.32 Å². The number of carbonyl (C=O) groups is 1. The molecule has 1 aliphatic carbocycles. The van der Waals surface area contributed by atoms with Gasteiger partial charge >= 0.3 is 0 Å². The highest BCUT2D eigenvalue weighted by Gasteiger charge is 2.28. The van der Waals surface area contributed by atoms with Crippen LogP contribution in [0.25, 0.3) is 0 Å². The van der Waals surface area contributed by atoms with Gasteiger partial charge in [0.25, 0.3) is 5.91 Å². The van der Waals surface area contributed by atoms with Crippen LogP contribution in [-0.2, 0) is 9.53 Å². The van der Waals surface area contributed by atoms with Crippen molar-refractivity contribution < 1.29 is 14.6 Å². The Morgan fingerprint density at radius 1 is 1.35 bits per heavy atom. The average molecular weight is 277 g/mol. The molecule has 0 aromatic heterocycles. The van der Waals surface area contributed by atoms with Gasteiger partial charge in [0.05, 0.1) is 0 Å². The Balaban J connectivity index is 1.90. The first-order valence-electron chi connectivity index (χ1n) is 7.22. The van der Waals surface area contributed by atoms with Gasteiger partial charge in [0.1, 0.15) is 0 Å². The summed E-state index contributed by atoms with van der Waals surface area (Å²) in [6, 6.07) is 9.49. The first kappa shape index (κ1) is 15.0. The van der Waals surface area contributed by atoms with Crippen molar-refractivity contribution in [3.63, 3.8) is 0 Å². The molecule has 2 N–H and O–H groups in total. The lowest BCUT2D eigenvalue weighted by Crippen LogP contribution is -2.35. The van der Waals surface area contributed by atoms with Gasteiger partial charge in [0.2, 0.25) is 0 Å². The Kier molecular flexibility index (Phi) is 5.56. The number of hydrogen-bond donors (Lipinski definition) is 2. The molecular weight excluding hydrogens is 254 g/mol. The van der Waals surface area contributed by atoms with Crippen LogP contribution in [0.2, 0.25) is 0 Å². The predicted octanol–water partition coefficient (Wildman–Crippen LogP) is 1.90. The molecular formula is C16H23NO3. The molecule has 0 radical (unpaired) electrons. The molecule has 1 aromatic rings. The summed E-state index contributed by atoms with van der Waals surface area (Å²) >= 11 is 0. The zero-order chi connectivity index (χ0) is 14.4. The van der Waals surface area contributed by atoms with E-state index in [2.05, 4.69) is 5.32 Å². The summed E-state index contributed by atoms with van der Waals surface area (Å²) in [5, 5.41) is 12.3. The Morgan fingerprint density at radius 2 is 2.05 bits per heavy atom. The van der Waals surface area contributed by atoms with Crippen LogP contribution in [0.4, 0.5) is 0 Å². The van der Waals surface area contributed by atoms with Crippen LogP contribution in [0.15, 0.2) is 30.3 Å². The number of hydrogen-bond acceptors (Lipinski definition) is 3. The van der Waals surface area contributed by atoms with Crippen molar-refractivity contribution in [1.82, 2.24) is 5.32 Å². The van der Waals surface area contributed by atoms with Crippen LogP contribution in [0, 0.1) is 11.8 Å². The molecule has 0 heterocycles. The second-order valence-corrected chi connectivity index (χ2v) is 5.41. The highest BCUT2D eigenvalue weighted by atomic mass is 16.5. The van der Waals surface area contributed by atoms with E-state index in [0.717, 1.165) is 24.8 Å². The lowest BCUT2D eigenvalue weighted by atomic mass is 9.97. The van der Waals surface area contributed by atoms with Crippen LogP contribution in [0.5, 0.6) is 0 Å². The van der Waals surface area contributed by atoms with Gasteiger partial charge in [-0.3, -0.25) is 4.79 Å². The minimum atomic E-state index is -0.565. The van der Waals surface area contributed by atoms with Crippen molar-refractivity contribution in [3.8, 4) is 0 Å². The maximum absolute atomic E-state index is 12.2. The summed E-state index contributed by atoms with van der Waals surface area (Å²) in [6.45, 7) is 0.837. The fourth-order valence-electron chi connectivity index (χ4n) is 2.97. The summed E-state index contributed by atoms with van der Waals surface area (Å²) < 4.78 is 5.31. The third kappa shape index (κ3) is 3.58. The predicted molar refractivity (Wildman–Crippen MR) is 77.1 cm³/mol. The van der Waals surface area contributed by atoms with E-state index in [0.29, 0.717) is 18.4 Å². The second kappa shape index (κ2) is 7.41. The monoisotopic (exact) mass is 277 g/mol. The Hall–Kier alpha value is -1.39. The SMILES string of the molecule is COC(C(=O)NCC1CCCC1CO)c1ccccc1. The van der Waals surface area contributed by atoms with E-state index < -0.39 is 6.10 Å². The highest BCUT2D eigenvalue weighted by Crippen LogP contribution is 2.30. The minimum Gasteiger partial charge on any atom is -0.396 e. The number of aliphatic hydroxyl groups is 1. The van der Waals surface area contributed by atoms with Crippen molar-refractivity contribution >= 4 is 5.91 Å². The molecule has 1 aliphatic rings. The maximum Gasteiger partial charge on any atom is 0.253 e. The first-order chi connectivity index (χ1) is 9.76. The van der Waals surface area contributed by atoms with Gasteiger partial charge in [-0.25, -0.2) is 0 Å². The molecule has 3 atom stereocenters. The Morgan fingerprint density at radius 3 is 2.70 bits per heavy atom. The number of benzene rings is 1. The van der Waals surface area contributed by atoms with E-state index >= 15 is 0 Å². The highest BCUT2D eigenvalue weighted by molar-refractivity contribution is 5.82. The van der Waals surface area contributed by atoms with Gasteiger partial charge < -0.3 is 15.2 Å². The van der Waals surface area contributed by atoms with Crippen molar-refractivity contribution in [2.45, 2.75) is 25.4 Å².